The lowest BCUT2D eigenvalue weighted by atomic mass is 10.2. The Morgan fingerprint density at radius 3 is 2.52 bits per heavy atom. The summed E-state index contributed by atoms with van der Waals surface area (Å²) in [5, 5.41) is 0.392. The standard InChI is InChI=1S/C13H11BrCl2N2O2S/c14-10-4-5-11(13(16)12(10)15)18-21(19,20)7-8-2-1-3-9(17)6-8/h1-6,18H,7,17H2. The minimum absolute atomic E-state index is 0.141. The molecule has 0 amide bonds. The van der Waals surface area contributed by atoms with Crippen molar-refractivity contribution < 1.29 is 8.42 Å². The third-order valence-corrected chi connectivity index (χ3v) is 5.62. The van der Waals surface area contributed by atoms with Crippen LogP contribution in [0.1, 0.15) is 5.56 Å². The second kappa shape index (κ2) is 6.44. The van der Waals surface area contributed by atoms with Gasteiger partial charge in [-0.2, -0.15) is 0 Å². The van der Waals surface area contributed by atoms with Crippen LogP contribution in [0.5, 0.6) is 0 Å². The third kappa shape index (κ3) is 4.26. The van der Waals surface area contributed by atoms with Gasteiger partial charge < -0.3 is 5.73 Å². The molecule has 0 fully saturated rings. The van der Waals surface area contributed by atoms with E-state index in [0.717, 1.165) is 0 Å². The fourth-order valence-corrected chi connectivity index (χ4v) is 3.78. The van der Waals surface area contributed by atoms with Crippen LogP contribution in [0.15, 0.2) is 40.9 Å². The SMILES string of the molecule is Nc1cccc(CS(=O)(=O)Nc2ccc(Br)c(Cl)c2Cl)c1. The first-order valence-electron chi connectivity index (χ1n) is 5.77. The Hall–Kier alpha value is -0.950. The van der Waals surface area contributed by atoms with Gasteiger partial charge in [-0.05, 0) is 45.8 Å². The highest BCUT2D eigenvalue weighted by Crippen LogP contribution is 2.36. The Labute approximate surface area is 141 Å². The van der Waals surface area contributed by atoms with Gasteiger partial charge in [0.2, 0.25) is 10.0 Å². The van der Waals surface area contributed by atoms with Crippen molar-refractivity contribution in [3.8, 4) is 0 Å². The molecule has 2 aromatic rings. The first kappa shape index (κ1) is 16.4. The molecule has 3 N–H and O–H groups in total. The van der Waals surface area contributed by atoms with Gasteiger partial charge in [-0.1, -0.05) is 35.3 Å². The minimum atomic E-state index is -3.62. The third-order valence-electron chi connectivity index (χ3n) is 2.61. The van der Waals surface area contributed by atoms with Crippen molar-refractivity contribution in [3.63, 3.8) is 0 Å². The molecule has 21 heavy (non-hydrogen) atoms. The van der Waals surface area contributed by atoms with Gasteiger partial charge >= 0.3 is 0 Å². The number of hydrogen-bond acceptors (Lipinski definition) is 3. The summed E-state index contributed by atoms with van der Waals surface area (Å²) in [6, 6.07) is 9.83. The summed E-state index contributed by atoms with van der Waals surface area (Å²) >= 11 is 15.2. The van der Waals surface area contributed by atoms with Crippen LogP contribution in [-0.2, 0) is 15.8 Å². The molecule has 0 aromatic heterocycles. The van der Waals surface area contributed by atoms with E-state index in [1.165, 1.54) is 6.07 Å². The van der Waals surface area contributed by atoms with E-state index in [-0.39, 0.29) is 21.5 Å². The molecule has 0 aliphatic rings. The van der Waals surface area contributed by atoms with E-state index in [1.54, 1.807) is 30.3 Å². The zero-order chi connectivity index (χ0) is 15.6. The summed E-state index contributed by atoms with van der Waals surface area (Å²) in [6.45, 7) is 0. The fraction of sp³-hybridized carbons (Fsp3) is 0.0769. The molecule has 0 bridgehead atoms. The molecule has 0 heterocycles. The Bertz CT molecular complexity index is 782. The van der Waals surface area contributed by atoms with E-state index >= 15 is 0 Å². The Balaban J connectivity index is 2.24. The van der Waals surface area contributed by atoms with Crippen LogP contribution in [0.2, 0.25) is 10.0 Å². The quantitative estimate of drug-likeness (QED) is 0.584. The highest BCUT2D eigenvalue weighted by atomic mass is 79.9. The smallest absolute Gasteiger partial charge is 0.236 e. The van der Waals surface area contributed by atoms with Gasteiger partial charge in [0.05, 0.1) is 21.5 Å². The maximum Gasteiger partial charge on any atom is 0.236 e. The van der Waals surface area contributed by atoms with Crippen LogP contribution in [0.3, 0.4) is 0 Å². The van der Waals surface area contributed by atoms with Crippen molar-refractivity contribution in [2.45, 2.75) is 5.75 Å². The molecule has 0 saturated carbocycles. The number of benzene rings is 2. The second-order valence-electron chi connectivity index (χ2n) is 4.33. The van der Waals surface area contributed by atoms with Gasteiger partial charge in [0, 0.05) is 10.2 Å². The number of anilines is 2. The van der Waals surface area contributed by atoms with E-state index in [9.17, 15) is 8.42 Å². The van der Waals surface area contributed by atoms with Crippen molar-refractivity contribution in [2.24, 2.45) is 0 Å². The van der Waals surface area contributed by atoms with Crippen LogP contribution in [-0.4, -0.2) is 8.42 Å². The Kier molecular flexibility index (Phi) is 5.03. The molecule has 8 heteroatoms. The number of halogens is 3. The van der Waals surface area contributed by atoms with E-state index in [0.29, 0.717) is 15.7 Å². The van der Waals surface area contributed by atoms with Crippen molar-refractivity contribution >= 4 is 60.5 Å². The van der Waals surface area contributed by atoms with Crippen LogP contribution in [0.4, 0.5) is 11.4 Å². The van der Waals surface area contributed by atoms with E-state index in [2.05, 4.69) is 20.7 Å². The number of nitrogens with two attached hydrogens (primary N) is 1. The van der Waals surface area contributed by atoms with Crippen LogP contribution in [0, 0.1) is 0 Å². The van der Waals surface area contributed by atoms with Crippen molar-refractivity contribution in [2.75, 3.05) is 10.5 Å². The monoisotopic (exact) mass is 408 g/mol. The summed E-state index contributed by atoms with van der Waals surface area (Å²) < 4.78 is 27.3. The minimum Gasteiger partial charge on any atom is -0.399 e. The van der Waals surface area contributed by atoms with Crippen LogP contribution < -0.4 is 10.5 Å². The summed E-state index contributed by atoms with van der Waals surface area (Å²) in [5.74, 6) is -0.206. The molecular weight excluding hydrogens is 399 g/mol. The lowest BCUT2D eigenvalue weighted by Crippen LogP contribution is -2.15. The number of hydrogen-bond donors (Lipinski definition) is 2. The van der Waals surface area contributed by atoms with Crippen molar-refractivity contribution in [3.05, 3.63) is 56.5 Å². The number of nitrogen functional groups attached to an aromatic ring is 1. The topological polar surface area (TPSA) is 72.2 Å². The first-order valence-corrected chi connectivity index (χ1v) is 8.97. The Morgan fingerprint density at radius 1 is 1.14 bits per heavy atom. The van der Waals surface area contributed by atoms with E-state index in [4.69, 9.17) is 28.9 Å². The second-order valence-corrected chi connectivity index (χ2v) is 7.66. The maximum atomic E-state index is 12.2. The molecule has 2 aromatic carbocycles. The van der Waals surface area contributed by atoms with Gasteiger partial charge in [-0.3, -0.25) is 4.72 Å². The summed E-state index contributed by atoms with van der Waals surface area (Å²) in [4.78, 5) is 0. The molecule has 0 spiro atoms. The van der Waals surface area contributed by atoms with Crippen LogP contribution in [0.25, 0.3) is 0 Å². The predicted octanol–water partition coefficient (Wildman–Crippen LogP) is 4.28. The van der Waals surface area contributed by atoms with Gasteiger partial charge in [0.25, 0.3) is 0 Å². The Morgan fingerprint density at radius 2 is 1.86 bits per heavy atom. The molecule has 0 saturated heterocycles. The number of sulfonamides is 1. The average molecular weight is 410 g/mol. The first-order chi connectivity index (χ1) is 9.78. The lowest BCUT2D eigenvalue weighted by Gasteiger charge is -2.11. The molecular formula is C13H11BrCl2N2O2S. The maximum absolute atomic E-state index is 12.2. The molecule has 0 aliphatic heterocycles. The van der Waals surface area contributed by atoms with Gasteiger partial charge in [-0.25, -0.2) is 8.42 Å². The highest BCUT2D eigenvalue weighted by Gasteiger charge is 2.16. The molecule has 0 unspecified atom stereocenters. The zero-order valence-electron chi connectivity index (χ0n) is 10.6. The molecule has 2 rings (SSSR count). The largest absolute Gasteiger partial charge is 0.399 e. The molecule has 0 atom stereocenters. The zero-order valence-corrected chi connectivity index (χ0v) is 14.5. The summed E-state index contributed by atoms with van der Waals surface area (Å²) in [5.41, 5.74) is 6.95. The highest BCUT2D eigenvalue weighted by molar-refractivity contribution is 9.10. The number of rotatable bonds is 4. The van der Waals surface area contributed by atoms with E-state index < -0.39 is 10.0 Å². The molecule has 0 aliphatic carbocycles. The average Bonchev–Trinajstić information content (AvgIpc) is 2.39. The predicted molar refractivity (Wildman–Crippen MR) is 91.3 cm³/mol. The van der Waals surface area contributed by atoms with Gasteiger partial charge in [0.15, 0.2) is 0 Å². The van der Waals surface area contributed by atoms with Crippen molar-refractivity contribution in [1.82, 2.24) is 0 Å². The van der Waals surface area contributed by atoms with Gasteiger partial charge in [0.1, 0.15) is 0 Å². The number of nitrogens with one attached hydrogen (secondary N) is 1. The summed E-state index contributed by atoms with van der Waals surface area (Å²) in [7, 11) is -3.62. The molecule has 4 nitrogen and oxygen atoms in total. The molecule has 112 valence electrons. The fourth-order valence-electron chi connectivity index (χ4n) is 1.71. The lowest BCUT2D eigenvalue weighted by molar-refractivity contribution is 0.600. The molecule has 0 radical (unpaired) electrons. The van der Waals surface area contributed by atoms with Crippen LogP contribution >= 0.6 is 39.1 Å². The van der Waals surface area contributed by atoms with Gasteiger partial charge in [-0.15, -0.1) is 0 Å². The van der Waals surface area contributed by atoms with E-state index in [1.807, 2.05) is 0 Å². The van der Waals surface area contributed by atoms with Crippen molar-refractivity contribution in [1.29, 1.82) is 0 Å². The summed E-state index contributed by atoms with van der Waals surface area (Å²) in [6.07, 6.45) is 0. The normalized spacial score (nSPS) is 11.4.